The Labute approximate surface area is 83.2 Å². The lowest BCUT2D eigenvalue weighted by Gasteiger charge is -2.15. The zero-order chi connectivity index (χ0) is 10.8. The predicted octanol–water partition coefficient (Wildman–Crippen LogP) is 1.53. The van der Waals surface area contributed by atoms with E-state index in [0.717, 1.165) is 0 Å². The molecular formula is C10H14N2O2. The van der Waals surface area contributed by atoms with Crippen molar-refractivity contribution < 1.29 is 9.63 Å². The van der Waals surface area contributed by atoms with E-state index in [1.807, 2.05) is 0 Å². The van der Waals surface area contributed by atoms with Crippen LogP contribution in [0.4, 0.5) is 0 Å². The van der Waals surface area contributed by atoms with Gasteiger partial charge in [0.05, 0.1) is 17.3 Å². The summed E-state index contributed by atoms with van der Waals surface area (Å²) in [7, 11) is 0. The van der Waals surface area contributed by atoms with E-state index in [9.17, 15) is 4.79 Å². The molecule has 1 aromatic heterocycles. The Morgan fingerprint density at radius 1 is 1.64 bits per heavy atom. The maximum atomic E-state index is 11.4. The highest BCUT2D eigenvalue weighted by Crippen LogP contribution is 2.13. The van der Waals surface area contributed by atoms with E-state index >= 15 is 0 Å². The largest absolute Gasteiger partial charge is 0.338 e. The second-order valence-electron chi connectivity index (χ2n) is 3.99. The number of hydrogen-bond acceptors (Lipinski definition) is 3. The third kappa shape index (κ3) is 2.45. The van der Waals surface area contributed by atoms with Crippen molar-refractivity contribution in [2.75, 3.05) is 0 Å². The first kappa shape index (κ1) is 10.5. The minimum absolute atomic E-state index is 0.300. The topological polar surface area (TPSA) is 44.1 Å². The molecule has 0 N–H and O–H groups in total. The highest BCUT2D eigenvalue weighted by atomic mass is 16.7. The van der Waals surface area contributed by atoms with Gasteiger partial charge in [0.1, 0.15) is 6.33 Å². The van der Waals surface area contributed by atoms with Gasteiger partial charge in [0.15, 0.2) is 0 Å². The fourth-order valence-corrected chi connectivity index (χ4v) is 0.709. The van der Waals surface area contributed by atoms with Crippen LogP contribution in [0, 0.1) is 5.41 Å². The number of hydrogen-bond donors (Lipinski definition) is 0. The molecule has 0 aliphatic carbocycles. The first-order valence-electron chi connectivity index (χ1n) is 4.32. The molecule has 0 amide bonds. The zero-order valence-corrected chi connectivity index (χ0v) is 8.65. The number of imidazole rings is 1. The summed E-state index contributed by atoms with van der Waals surface area (Å²) < 4.78 is 1.28. The van der Waals surface area contributed by atoms with Crippen molar-refractivity contribution in [3.05, 3.63) is 24.8 Å². The van der Waals surface area contributed by atoms with Crippen LogP contribution in [-0.4, -0.2) is 15.7 Å². The Balaban J connectivity index is 2.70. The maximum Gasteiger partial charge on any atom is 0.338 e. The van der Waals surface area contributed by atoms with Gasteiger partial charge in [-0.15, -0.1) is 0 Å². The van der Waals surface area contributed by atoms with Crippen LogP contribution in [0.5, 0.6) is 0 Å². The van der Waals surface area contributed by atoms with Gasteiger partial charge >= 0.3 is 5.97 Å². The first-order valence-corrected chi connectivity index (χ1v) is 4.32. The molecule has 0 aromatic carbocycles. The summed E-state index contributed by atoms with van der Waals surface area (Å²) in [5.41, 5.74) is 0.158. The van der Waals surface area contributed by atoms with Gasteiger partial charge in [-0.3, -0.25) is 0 Å². The summed E-state index contributed by atoms with van der Waals surface area (Å²) >= 11 is 0. The summed E-state index contributed by atoms with van der Waals surface area (Å²) in [4.78, 5) is 20.4. The van der Waals surface area contributed by atoms with Crippen molar-refractivity contribution in [2.24, 2.45) is 5.41 Å². The average Bonchev–Trinajstić information content (AvgIpc) is 2.50. The lowest BCUT2D eigenvalue weighted by molar-refractivity contribution is -0.153. The summed E-state index contributed by atoms with van der Waals surface area (Å²) in [5, 5.41) is 0. The second kappa shape index (κ2) is 3.65. The van der Waals surface area contributed by atoms with Gasteiger partial charge < -0.3 is 4.84 Å². The van der Waals surface area contributed by atoms with E-state index in [1.54, 1.807) is 33.0 Å². The molecule has 0 saturated heterocycles. The monoisotopic (exact) mass is 194 g/mol. The van der Waals surface area contributed by atoms with Crippen LogP contribution in [0.1, 0.15) is 26.5 Å². The Bertz CT molecular complexity index is 347. The summed E-state index contributed by atoms with van der Waals surface area (Å²) in [6.45, 7) is 8.93. The van der Waals surface area contributed by atoms with Crippen molar-refractivity contribution in [3.8, 4) is 0 Å². The highest BCUT2D eigenvalue weighted by molar-refractivity contribution is 5.75. The van der Waals surface area contributed by atoms with Crippen LogP contribution in [-0.2, 0) is 4.79 Å². The number of aromatic nitrogens is 2. The fourth-order valence-electron chi connectivity index (χ4n) is 0.709. The maximum absolute atomic E-state index is 11.4. The molecule has 1 rings (SSSR count). The summed E-state index contributed by atoms with van der Waals surface area (Å²) in [6, 6.07) is 0. The average molecular weight is 194 g/mol. The molecule has 14 heavy (non-hydrogen) atoms. The van der Waals surface area contributed by atoms with Gasteiger partial charge in [-0.05, 0) is 26.8 Å². The number of nitrogens with zero attached hydrogens (tertiary/aromatic N) is 2. The number of carbonyl (C=O) groups excluding carboxylic acids is 1. The molecular weight excluding hydrogens is 180 g/mol. The van der Waals surface area contributed by atoms with Crippen LogP contribution in [0.25, 0.3) is 6.08 Å². The Kier molecular flexibility index (Phi) is 2.74. The highest BCUT2D eigenvalue weighted by Gasteiger charge is 2.24. The van der Waals surface area contributed by atoms with E-state index in [0.29, 0.717) is 5.69 Å². The minimum atomic E-state index is -0.515. The van der Waals surface area contributed by atoms with E-state index in [4.69, 9.17) is 4.84 Å². The van der Waals surface area contributed by atoms with E-state index in [1.165, 1.54) is 11.1 Å². The smallest absolute Gasteiger partial charge is 0.335 e. The van der Waals surface area contributed by atoms with Crippen LogP contribution >= 0.6 is 0 Å². The number of carbonyl (C=O) groups is 1. The van der Waals surface area contributed by atoms with Crippen LogP contribution in [0.15, 0.2) is 19.1 Å². The van der Waals surface area contributed by atoms with Gasteiger partial charge in [0.25, 0.3) is 0 Å². The van der Waals surface area contributed by atoms with Crippen molar-refractivity contribution in [2.45, 2.75) is 20.8 Å². The number of rotatable bonds is 2. The molecule has 0 bridgehead atoms. The molecule has 1 heterocycles. The molecule has 0 saturated carbocycles. The van der Waals surface area contributed by atoms with Crippen molar-refractivity contribution in [3.63, 3.8) is 0 Å². The molecule has 0 atom stereocenters. The van der Waals surface area contributed by atoms with Crippen LogP contribution in [0.2, 0.25) is 0 Å². The zero-order valence-electron chi connectivity index (χ0n) is 8.65. The Morgan fingerprint density at radius 3 is 2.71 bits per heavy atom. The molecule has 1 aromatic rings. The SMILES string of the molecule is C=Cc1cn(OC(=O)C(C)(C)C)cn1. The molecule has 4 nitrogen and oxygen atoms in total. The molecule has 0 fully saturated rings. The van der Waals surface area contributed by atoms with E-state index in [-0.39, 0.29) is 5.97 Å². The quantitative estimate of drug-likeness (QED) is 0.717. The standard InChI is InChI=1S/C10H14N2O2/c1-5-8-6-12(7-11-8)14-9(13)10(2,3)4/h5-7H,1H2,2-4H3. The van der Waals surface area contributed by atoms with Gasteiger partial charge in [-0.1, -0.05) is 6.58 Å². The van der Waals surface area contributed by atoms with Gasteiger partial charge in [0, 0.05) is 0 Å². The van der Waals surface area contributed by atoms with E-state index in [2.05, 4.69) is 11.6 Å². The van der Waals surface area contributed by atoms with E-state index < -0.39 is 5.41 Å². The van der Waals surface area contributed by atoms with Crippen molar-refractivity contribution >= 4 is 12.0 Å². The first-order chi connectivity index (χ1) is 6.43. The van der Waals surface area contributed by atoms with Gasteiger partial charge in [-0.25, -0.2) is 9.78 Å². The van der Waals surface area contributed by atoms with Crippen LogP contribution < -0.4 is 4.84 Å². The second-order valence-corrected chi connectivity index (χ2v) is 3.99. The fraction of sp³-hybridized carbons (Fsp3) is 0.400. The molecule has 0 spiro atoms. The summed E-state index contributed by atoms with van der Waals surface area (Å²) in [5.74, 6) is -0.300. The van der Waals surface area contributed by atoms with Crippen molar-refractivity contribution in [1.82, 2.24) is 9.71 Å². The van der Waals surface area contributed by atoms with Crippen molar-refractivity contribution in [1.29, 1.82) is 0 Å². The molecule has 0 unspecified atom stereocenters. The summed E-state index contributed by atoms with van der Waals surface area (Å²) in [6.07, 6.45) is 4.61. The normalized spacial score (nSPS) is 11.1. The molecule has 4 heteroatoms. The Morgan fingerprint density at radius 2 is 2.29 bits per heavy atom. The third-order valence-corrected chi connectivity index (χ3v) is 1.59. The third-order valence-electron chi connectivity index (χ3n) is 1.59. The Hall–Kier alpha value is -1.58. The molecule has 0 aliphatic rings. The van der Waals surface area contributed by atoms with Gasteiger partial charge in [0.2, 0.25) is 0 Å². The molecule has 0 radical (unpaired) electrons. The lowest BCUT2D eigenvalue weighted by Crippen LogP contribution is -2.30. The van der Waals surface area contributed by atoms with Gasteiger partial charge in [-0.2, -0.15) is 4.73 Å². The predicted molar refractivity (Wildman–Crippen MR) is 53.4 cm³/mol. The molecule has 0 aliphatic heterocycles. The lowest BCUT2D eigenvalue weighted by atomic mass is 9.98. The van der Waals surface area contributed by atoms with Crippen LogP contribution in [0.3, 0.4) is 0 Å². The molecule has 76 valence electrons. The minimum Gasteiger partial charge on any atom is -0.335 e.